The number of nitrogens with zero attached hydrogens (tertiary/aromatic N) is 3. The lowest BCUT2D eigenvalue weighted by atomic mass is 10.1. The number of hydrogen-bond acceptors (Lipinski definition) is 7. The number of amides is 1. The molecule has 0 unspecified atom stereocenters. The Balaban J connectivity index is 1.91. The zero-order valence-corrected chi connectivity index (χ0v) is 13.4. The zero-order chi connectivity index (χ0) is 15.1. The standard InChI is InChI=1S/C12H9ClN4O2S2/c1-17(2)11-15-16-12(21-11)20-8-4-7-5(3-6(8)13)9(18)10(19)14-7/h3-4H,1-2H3,(H,14,18,19). The lowest BCUT2D eigenvalue weighted by Crippen LogP contribution is -2.12. The molecule has 0 fully saturated rings. The van der Waals surface area contributed by atoms with Crippen molar-refractivity contribution in [3.8, 4) is 0 Å². The molecule has 1 aromatic heterocycles. The Morgan fingerprint density at radius 1 is 1.29 bits per heavy atom. The van der Waals surface area contributed by atoms with E-state index in [0.717, 1.165) is 9.47 Å². The van der Waals surface area contributed by atoms with E-state index in [-0.39, 0.29) is 0 Å². The summed E-state index contributed by atoms with van der Waals surface area (Å²) in [5.74, 6) is -1.19. The third kappa shape index (κ3) is 2.61. The summed E-state index contributed by atoms with van der Waals surface area (Å²) in [6.45, 7) is 0. The van der Waals surface area contributed by atoms with Gasteiger partial charge in [0.05, 0.1) is 16.3 Å². The van der Waals surface area contributed by atoms with E-state index in [0.29, 0.717) is 21.2 Å². The smallest absolute Gasteiger partial charge is 0.296 e. The van der Waals surface area contributed by atoms with E-state index in [1.165, 1.54) is 29.2 Å². The molecule has 1 aliphatic rings. The van der Waals surface area contributed by atoms with Gasteiger partial charge >= 0.3 is 0 Å². The maximum absolute atomic E-state index is 11.6. The van der Waals surface area contributed by atoms with Crippen molar-refractivity contribution in [2.75, 3.05) is 24.3 Å². The van der Waals surface area contributed by atoms with Gasteiger partial charge in [0, 0.05) is 19.0 Å². The number of nitrogens with one attached hydrogen (secondary N) is 1. The summed E-state index contributed by atoms with van der Waals surface area (Å²) in [7, 11) is 3.77. The van der Waals surface area contributed by atoms with Crippen LogP contribution in [0.15, 0.2) is 21.4 Å². The van der Waals surface area contributed by atoms with Gasteiger partial charge in [-0.05, 0) is 12.1 Å². The average Bonchev–Trinajstić information content (AvgIpc) is 2.99. The Hall–Kier alpha value is -1.64. The molecule has 0 atom stereocenters. The van der Waals surface area contributed by atoms with Crippen molar-refractivity contribution < 1.29 is 9.59 Å². The number of aromatic nitrogens is 2. The molecule has 0 saturated heterocycles. The highest BCUT2D eigenvalue weighted by molar-refractivity contribution is 8.01. The molecular formula is C12H9ClN4O2S2. The Labute approximate surface area is 133 Å². The summed E-state index contributed by atoms with van der Waals surface area (Å²) in [5.41, 5.74) is 0.787. The van der Waals surface area contributed by atoms with Gasteiger partial charge in [-0.25, -0.2) is 0 Å². The SMILES string of the molecule is CN(C)c1nnc(Sc2cc3c(cc2Cl)C(=O)C(=O)N3)s1. The van der Waals surface area contributed by atoms with Crippen LogP contribution in [0.3, 0.4) is 0 Å². The van der Waals surface area contributed by atoms with Crippen molar-refractivity contribution in [3.05, 3.63) is 22.7 Å². The molecule has 1 aliphatic heterocycles. The summed E-state index contributed by atoms with van der Waals surface area (Å²) in [6.07, 6.45) is 0. The maximum atomic E-state index is 11.6. The van der Waals surface area contributed by atoms with Gasteiger partial charge in [0.15, 0.2) is 4.34 Å². The highest BCUT2D eigenvalue weighted by Gasteiger charge is 2.29. The van der Waals surface area contributed by atoms with E-state index in [9.17, 15) is 9.59 Å². The van der Waals surface area contributed by atoms with Crippen LogP contribution in [0, 0.1) is 0 Å². The molecule has 1 aromatic carbocycles. The second-order valence-corrected chi connectivity index (χ2v) is 7.11. The molecule has 2 heterocycles. The number of Topliss-reactive ketones (excluding diaryl/α,β-unsaturated/α-hetero) is 1. The number of anilines is 2. The molecular weight excluding hydrogens is 332 g/mol. The predicted octanol–water partition coefficient (Wildman–Crippen LogP) is 2.54. The van der Waals surface area contributed by atoms with Crippen molar-refractivity contribution in [1.82, 2.24) is 10.2 Å². The molecule has 9 heteroatoms. The first kappa shape index (κ1) is 14.3. The fourth-order valence-corrected chi connectivity index (χ4v) is 3.79. The minimum atomic E-state index is -0.631. The maximum Gasteiger partial charge on any atom is 0.296 e. The number of fused-ring (bicyclic) bond motifs is 1. The third-order valence-corrected chi connectivity index (χ3v) is 5.37. The lowest BCUT2D eigenvalue weighted by Gasteiger charge is -2.05. The first-order valence-electron chi connectivity index (χ1n) is 5.83. The summed E-state index contributed by atoms with van der Waals surface area (Å²) in [5, 5.41) is 11.8. The van der Waals surface area contributed by atoms with Crippen LogP contribution in [0.25, 0.3) is 0 Å². The van der Waals surface area contributed by atoms with E-state index < -0.39 is 11.7 Å². The van der Waals surface area contributed by atoms with Crippen molar-refractivity contribution in [3.63, 3.8) is 0 Å². The highest BCUT2D eigenvalue weighted by Crippen LogP contribution is 2.40. The zero-order valence-electron chi connectivity index (χ0n) is 11.0. The lowest BCUT2D eigenvalue weighted by molar-refractivity contribution is -0.112. The molecule has 1 N–H and O–H groups in total. The fraction of sp³-hybridized carbons (Fsp3) is 0.167. The number of halogens is 1. The van der Waals surface area contributed by atoms with Gasteiger partial charge in [0.25, 0.3) is 11.7 Å². The molecule has 3 rings (SSSR count). The summed E-state index contributed by atoms with van der Waals surface area (Å²) >= 11 is 8.95. The van der Waals surface area contributed by atoms with Gasteiger partial charge in [-0.15, -0.1) is 10.2 Å². The van der Waals surface area contributed by atoms with Gasteiger partial charge in [-0.1, -0.05) is 34.7 Å². The molecule has 108 valence electrons. The van der Waals surface area contributed by atoms with Crippen molar-refractivity contribution in [2.45, 2.75) is 9.24 Å². The summed E-state index contributed by atoms with van der Waals surface area (Å²) in [6, 6.07) is 3.19. The molecule has 0 radical (unpaired) electrons. The molecule has 2 aromatic rings. The molecule has 0 aliphatic carbocycles. The predicted molar refractivity (Wildman–Crippen MR) is 82.8 cm³/mol. The topological polar surface area (TPSA) is 75.2 Å². The van der Waals surface area contributed by atoms with E-state index in [1.807, 2.05) is 19.0 Å². The van der Waals surface area contributed by atoms with Gasteiger partial charge in [0.2, 0.25) is 5.13 Å². The Morgan fingerprint density at radius 2 is 2.05 bits per heavy atom. The van der Waals surface area contributed by atoms with Crippen LogP contribution in [0.1, 0.15) is 10.4 Å². The monoisotopic (exact) mass is 340 g/mol. The molecule has 21 heavy (non-hydrogen) atoms. The summed E-state index contributed by atoms with van der Waals surface area (Å²) < 4.78 is 0.733. The average molecular weight is 341 g/mol. The van der Waals surface area contributed by atoms with Crippen LogP contribution in [-0.4, -0.2) is 36.0 Å². The van der Waals surface area contributed by atoms with Gasteiger partial charge < -0.3 is 10.2 Å². The molecule has 6 nitrogen and oxygen atoms in total. The molecule has 0 saturated carbocycles. The molecule has 0 spiro atoms. The minimum Gasteiger partial charge on any atom is -0.353 e. The number of ketones is 1. The van der Waals surface area contributed by atoms with E-state index in [2.05, 4.69) is 15.5 Å². The highest BCUT2D eigenvalue weighted by atomic mass is 35.5. The number of benzene rings is 1. The first-order chi connectivity index (χ1) is 9.95. The molecule has 0 bridgehead atoms. The van der Waals surface area contributed by atoms with Crippen LogP contribution >= 0.6 is 34.7 Å². The number of hydrogen-bond donors (Lipinski definition) is 1. The largest absolute Gasteiger partial charge is 0.353 e. The van der Waals surface area contributed by atoms with Gasteiger partial charge in [-0.3, -0.25) is 9.59 Å². The Bertz CT molecular complexity index is 760. The Kier molecular flexibility index (Phi) is 3.60. The number of rotatable bonds is 3. The summed E-state index contributed by atoms with van der Waals surface area (Å²) in [4.78, 5) is 25.5. The van der Waals surface area contributed by atoms with Crippen LogP contribution < -0.4 is 10.2 Å². The quantitative estimate of drug-likeness (QED) is 0.865. The Morgan fingerprint density at radius 3 is 2.71 bits per heavy atom. The third-order valence-electron chi connectivity index (χ3n) is 2.75. The normalized spacial score (nSPS) is 13.3. The van der Waals surface area contributed by atoms with Crippen LogP contribution in [0.2, 0.25) is 5.02 Å². The second-order valence-electron chi connectivity index (χ2n) is 4.46. The van der Waals surface area contributed by atoms with Crippen molar-refractivity contribution in [2.24, 2.45) is 0 Å². The van der Waals surface area contributed by atoms with E-state index >= 15 is 0 Å². The first-order valence-corrected chi connectivity index (χ1v) is 7.84. The van der Waals surface area contributed by atoms with Gasteiger partial charge in [0.1, 0.15) is 0 Å². The van der Waals surface area contributed by atoms with Crippen LogP contribution in [-0.2, 0) is 4.79 Å². The van der Waals surface area contributed by atoms with Crippen molar-refractivity contribution in [1.29, 1.82) is 0 Å². The van der Waals surface area contributed by atoms with Crippen LogP contribution in [0.4, 0.5) is 10.8 Å². The van der Waals surface area contributed by atoms with E-state index in [1.54, 1.807) is 6.07 Å². The fourth-order valence-electron chi connectivity index (χ4n) is 1.74. The van der Waals surface area contributed by atoms with Crippen LogP contribution in [0.5, 0.6) is 0 Å². The number of carbonyl (C=O) groups is 2. The van der Waals surface area contributed by atoms with Gasteiger partial charge in [-0.2, -0.15) is 0 Å². The minimum absolute atomic E-state index is 0.306. The van der Waals surface area contributed by atoms with Crippen molar-refractivity contribution >= 4 is 57.2 Å². The molecule has 1 amide bonds. The number of carbonyl (C=O) groups excluding carboxylic acids is 2. The second kappa shape index (κ2) is 5.28. The van der Waals surface area contributed by atoms with E-state index in [4.69, 9.17) is 11.6 Å².